The van der Waals surface area contributed by atoms with Gasteiger partial charge in [-0.05, 0) is 24.6 Å². The summed E-state index contributed by atoms with van der Waals surface area (Å²) in [4.78, 5) is 18.7. The molecule has 3 aromatic heterocycles. The second-order valence-corrected chi connectivity index (χ2v) is 5.19. The highest BCUT2D eigenvalue weighted by molar-refractivity contribution is 5.93. The van der Waals surface area contributed by atoms with Crippen LogP contribution in [0.1, 0.15) is 28.5 Å². The van der Waals surface area contributed by atoms with Crippen molar-refractivity contribution in [1.82, 2.24) is 29.7 Å². The lowest BCUT2D eigenvalue weighted by atomic mass is 10.1. The number of H-pyrrole nitrogens is 1. The first-order valence-corrected chi connectivity index (χ1v) is 6.90. The van der Waals surface area contributed by atoms with E-state index in [1.165, 1.54) is 6.33 Å². The average Bonchev–Trinajstić information content (AvgIpc) is 3.23. The fraction of sp³-hybridized carbons (Fsp3) is 0.286. The predicted octanol–water partition coefficient (Wildman–Crippen LogP) is 1.08. The molecule has 21 heavy (non-hydrogen) atoms. The summed E-state index contributed by atoms with van der Waals surface area (Å²) in [6, 6.07) is 7.42. The van der Waals surface area contributed by atoms with Crippen molar-refractivity contribution in [3.05, 3.63) is 48.2 Å². The summed E-state index contributed by atoms with van der Waals surface area (Å²) in [5.41, 5.74) is 2.32. The molecule has 1 amide bonds. The van der Waals surface area contributed by atoms with Crippen molar-refractivity contribution in [3.8, 4) is 0 Å². The molecule has 0 aliphatic carbocycles. The maximum Gasteiger partial charge on any atom is 0.272 e. The second kappa shape index (κ2) is 4.69. The van der Waals surface area contributed by atoms with Crippen molar-refractivity contribution in [3.63, 3.8) is 0 Å². The first kappa shape index (κ1) is 12.1. The van der Waals surface area contributed by atoms with Crippen LogP contribution in [0.15, 0.2) is 36.8 Å². The second-order valence-electron chi connectivity index (χ2n) is 5.19. The molecular weight excluding hydrogens is 268 g/mol. The number of likely N-dealkylation sites (tertiary alicyclic amines) is 1. The molecule has 0 spiro atoms. The van der Waals surface area contributed by atoms with Gasteiger partial charge in [0.1, 0.15) is 12.0 Å². The highest BCUT2D eigenvalue weighted by Crippen LogP contribution is 2.26. The third-order valence-electron chi connectivity index (χ3n) is 3.96. The number of nitrogens with zero attached hydrogens (tertiary/aromatic N) is 5. The number of nitrogens with one attached hydrogen (secondary N) is 1. The number of hydrogen-bond donors (Lipinski definition) is 1. The third-order valence-corrected chi connectivity index (χ3v) is 3.96. The van der Waals surface area contributed by atoms with Gasteiger partial charge in [0.25, 0.3) is 5.91 Å². The summed E-state index contributed by atoms with van der Waals surface area (Å²) < 4.78 is 1.59. The third kappa shape index (κ3) is 1.97. The average molecular weight is 282 g/mol. The number of pyridine rings is 1. The van der Waals surface area contributed by atoms with Gasteiger partial charge in [0.15, 0.2) is 5.65 Å². The normalized spacial score (nSPS) is 18.5. The van der Waals surface area contributed by atoms with E-state index in [0.717, 1.165) is 18.7 Å². The lowest BCUT2D eigenvalue weighted by Gasteiger charge is -2.16. The molecule has 1 atom stereocenters. The minimum absolute atomic E-state index is 0.00637. The Hall–Kier alpha value is -2.70. The summed E-state index contributed by atoms with van der Waals surface area (Å²) in [5.74, 6) is 0.319. The van der Waals surface area contributed by atoms with Crippen molar-refractivity contribution in [2.45, 2.75) is 12.3 Å². The minimum Gasteiger partial charge on any atom is -0.337 e. The largest absolute Gasteiger partial charge is 0.337 e. The molecule has 4 rings (SSSR count). The number of aromatic nitrogens is 5. The maximum atomic E-state index is 12.7. The number of carbonyl (C=O) groups excluding carboxylic acids is 1. The first-order chi connectivity index (χ1) is 10.3. The van der Waals surface area contributed by atoms with E-state index < -0.39 is 0 Å². The highest BCUT2D eigenvalue weighted by atomic mass is 16.2. The molecule has 0 saturated carbocycles. The van der Waals surface area contributed by atoms with Gasteiger partial charge in [-0.3, -0.25) is 9.89 Å². The Morgan fingerprint density at radius 2 is 2.29 bits per heavy atom. The summed E-state index contributed by atoms with van der Waals surface area (Å²) >= 11 is 0. The van der Waals surface area contributed by atoms with Crippen LogP contribution in [-0.2, 0) is 0 Å². The molecule has 7 heteroatoms. The zero-order valence-corrected chi connectivity index (χ0v) is 11.3. The van der Waals surface area contributed by atoms with Gasteiger partial charge in [0.2, 0.25) is 0 Å². The van der Waals surface area contributed by atoms with Gasteiger partial charge in [-0.15, -0.1) is 0 Å². The van der Waals surface area contributed by atoms with E-state index >= 15 is 0 Å². The molecule has 7 nitrogen and oxygen atoms in total. The van der Waals surface area contributed by atoms with E-state index in [9.17, 15) is 4.79 Å². The Balaban J connectivity index is 1.60. The Bertz CT molecular complexity index is 778. The Labute approximate surface area is 120 Å². The molecule has 0 aromatic carbocycles. The summed E-state index contributed by atoms with van der Waals surface area (Å²) in [6.45, 7) is 1.44. The molecule has 3 aromatic rings. The number of rotatable bonds is 2. The topological polar surface area (TPSA) is 79.2 Å². The number of fused-ring (bicyclic) bond motifs is 1. The fourth-order valence-corrected chi connectivity index (χ4v) is 2.86. The molecule has 1 fully saturated rings. The fourth-order valence-electron chi connectivity index (χ4n) is 2.86. The van der Waals surface area contributed by atoms with Crippen LogP contribution in [0.4, 0.5) is 0 Å². The zero-order valence-electron chi connectivity index (χ0n) is 11.3. The standard InChI is InChI=1S/C14H14N6O/c21-14(12-2-1-3-13-15-9-17-20(12)13)19-7-5-10(8-19)11-4-6-16-18-11/h1-4,6,9-10H,5,7-8H2,(H,16,18). The van der Waals surface area contributed by atoms with E-state index in [1.54, 1.807) is 16.8 Å². The predicted molar refractivity (Wildman–Crippen MR) is 74.8 cm³/mol. The van der Waals surface area contributed by atoms with E-state index in [-0.39, 0.29) is 5.91 Å². The number of carbonyl (C=O) groups is 1. The van der Waals surface area contributed by atoms with Crippen molar-refractivity contribution in [1.29, 1.82) is 0 Å². The molecule has 4 heterocycles. The molecule has 0 radical (unpaired) electrons. The van der Waals surface area contributed by atoms with Gasteiger partial charge in [-0.2, -0.15) is 10.2 Å². The molecule has 1 N–H and O–H groups in total. The molecule has 0 bridgehead atoms. The van der Waals surface area contributed by atoms with E-state index in [0.29, 0.717) is 23.8 Å². The van der Waals surface area contributed by atoms with Crippen LogP contribution in [0, 0.1) is 0 Å². The van der Waals surface area contributed by atoms with Crippen LogP contribution < -0.4 is 0 Å². The molecule has 106 valence electrons. The van der Waals surface area contributed by atoms with Gasteiger partial charge in [-0.1, -0.05) is 6.07 Å². The van der Waals surface area contributed by atoms with Crippen molar-refractivity contribution in [2.75, 3.05) is 13.1 Å². The highest BCUT2D eigenvalue weighted by Gasteiger charge is 2.29. The van der Waals surface area contributed by atoms with Crippen molar-refractivity contribution >= 4 is 11.6 Å². The first-order valence-electron chi connectivity index (χ1n) is 6.90. The molecule has 1 aliphatic rings. The summed E-state index contributed by atoms with van der Waals surface area (Å²) in [6.07, 6.45) is 4.15. The minimum atomic E-state index is -0.00637. The quantitative estimate of drug-likeness (QED) is 0.763. The van der Waals surface area contributed by atoms with Gasteiger partial charge >= 0.3 is 0 Å². The summed E-state index contributed by atoms with van der Waals surface area (Å²) in [7, 11) is 0. The molecular formula is C14H14N6O. The van der Waals surface area contributed by atoms with Gasteiger partial charge in [0, 0.05) is 30.9 Å². The number of aromatic amines is 1. The Kier molecular flexibility index (Phi) is 2.70. The van der Waals surface area contributed by atoms with Crippen LogP contribution in [-0.4, -0.2) is 48.7 Å². The SMILES string of the molecule is O=C(c1cccc2ncnn12)N1CCC(c2ccn[nH]2)C1. The van der Waals surface area contributed by atoms with E-state index in [1.807, 2.05) is 23.1 Å². The Morgan fingerprint density at radius 3 is 3.14 bits per heavy atom. The van der Waals surface area contributed by atoms with Gasteiger partial charge in [0.05, 0.1) is 0 Å². The molecule has 1 aliphatic heterocycles. The van der Waals surface area contributed by atoms with Crippen LogP contribution in [0.2, 0.25) is 0 Å². The smallest absolute Gasteiger partial charge is 0.272 e. The number of hydrogen-bond acceptors (Lipinski definition) is 4. The zero-order chi connectivity index (χ0) is 14.2. The van der Waals surface area contributed by atoms with Crippen molar-refractivity contribution in [2.24, 2.45) is 0 Å². The van der Waals surface area contributed by atoms with Crippen LogP contribution >= 0.6 is 0 Å². The van der Waals surface area contributed by atoms with Gasteiger partial charge in [-0.25, -0.2) is 9.50 Å². The Morgan fingerprint density at radius 1 is 1.33 bits per heavy atom. The van der Waals surface area contributed by atoms with Crippen LogP contribution in [0.25, 0.3) is 5.65 Å². The molecule has 1 unspecified atom stereocenters. The monoisotopic (exact) mass is 282 g/mol. The van der Waals surface area contributed by atoms with E-state index in [4.69, 9.17) is 0 Å². The lowest BCUT2D eigenvalue weighted by molar-refractivity contribution is 0.0782. The van der Waals surface area contributed by atoms with Crippen LogP contribution in [0.3, 0.4) is 0 Å². The lowest BCUT2D eigenvalue weighted by Crippen LogP contribution is -2.30. The molecule has 1 saturated heterocycles. The summed E-state index contributed by atoms with van der Waals surface area (Å²) in [5, 5.41) is 11.1. The number of amides is 1. The van der Waals surface area contributed by atoms with Crippen molar-refractivity contribution < 1.29 is 4.79 Å². The van der Waals surface area contributed by atoms with E-state index in [2.05, 4.69) is 20.3 Å². The van der Waals surface area contributed by atoms with Gasteiger partial charge < -0.3 is 4.90 Å². The maximum absolute atomic E-state index is 12.7. The van der Waals surface area contributed by atoms with Crippen LogP contribution in [0.5, 0.6) is 0 Å².